The number of nitro groups is 1. The van der Waals surface area contributed by atoms with E-state index in [-0.39, 0.29) is 38.5 Å². The lowest BCUT2D eigenvalue weighted by Crippen LogP contribution is -2.60. The van der Waals surface area contributed by atoms with Gasteiger partial charge < -0.3 is 21.1 Å². The number of amides is 1. The highest BCUT2D eigenvalue weighted by Gasteiger charge is 2.50. The van der Waals surface area contributed by atoms with Crippen molar-refractivity contribution in [2.24, 2.45) is 17.1 Å². The maximum Gasteiger partial charge on any atom is 0.312 e. The molecule has 1 aromatic heterocycles. The largest absolute Gasteiger partial charge is 0.390 e. The molecule has 0 radical (unpaired) electrons. The number of aliphatic hydroxyl groups is 1. The first-order chi connectivity index (χ1) is 31.8. The molecule has 2 saturated heterocycles. The molecule has 8 rings (SSSR count). The van der Waals surface area contributed by atoms with E-state index in [1.807, 2.05) is 12.1 Å². The van der Waals surface area contributed by atoms with E-state index in [2.05, 4.69) is 67.8 Å². The van der Waals surface area contributed by atoms with Gasteiger partial charge in [-0.25, -0.2) is 26.5 Å². The van der Waals surface area contributed by atoms with Gasteiger partial charge in [0.1, 0.15) is 0 Å². The van der Waals surface area contributed by atoms with Crippen LogP contribution in [0.15, 0.2) is 93.7 Å². The predicted octanol–water partition coefficient (Wildman–Crippen LogP) is 6.61. The van der Waals surface area contributed by atoms with Gasteiger partial charge in [0.15, 0.2) is 0 Å². The molecular formula is C49H64N8O8S2. The summed E-state index contributed by atoms with van der Waals surface area (Å²) >= 11 is 0. The minimum Gasteiger partial charge on any atom is -0.390 e. The average molecular weight is 957 g/mol. The summed E-state index contributed by atoms with van der Waals surface area (Å²) in [5, 5.41) is 25.6. The zero-order chi connectivity index (χ0) is 47.9. The fraction of sp³-hybridized carbons (Fsp3) is 0.510. The van der Waals surface area contributed by atoms with Gasteiger partial charge >= 0.3 is 5.69 Å². The second-order valence-electron chi connectivity index (χ2n) is 19.8. The molecule has 0 bridgehead atoms. The fourth-order valence-corrected chi connectivity index (χ4v) is 13.1. The number of pyridine rings is 1. The summed E-state index contributed by atoms with van der Waals surface area (Å²) in [4.78, 5) is 35.3. The number of nitrogens with one attached hydrogen (secondary N) is 2. The molecule has 2 aliphatic heterocycles. The van der Waals surface area contributed by atoms with Gasteiger partial charge in [0.2, 0.25) is 31.6 Å². The molecule has 67 heavy (non-hydrogen) atoms. The Kier molecular flexibility index (Phi) is 13.9. The van der Waals surface area contributed by atoms with Crippen molar-refractivity contribution >= 4 is 43.0 Å². The van der Waals surface area contributed by atoms with E-state index in [0.717, 1.165) is 82.5 Å². The van der Waals surface area contributed by atoms with Crippen LogP contribution in [0.5, 0.6) is 0 Å². The summed E-state index contributed by atoms with van der Waals surface area (Å²) in [6.07, 6.45) is 7.76. The number of nitrogens with zero attached hydrogens (tertiary/aromatic N) is 5. The fourth-order valence-electron chi connectivity index (χ4n) is 10.9. The first-order valence-corrected chi connectivity index (χ1v) is 26.4. The molecule has 4 aromatic rings. The van der Waals surface area contributed by atoms with Gasteiger partial charge in [0.05, 0.1) is 30.8 Å². The summed E-state index contributed by atoms with van der Waals surface area (Å²) in [5.74, 6) is -0.447. The summed E-state index contributed by atoms with van der Waals surface area (Å²) in [5.41, 5.74) is 8.83. The van der Waals surface area contributed by atoms with E-state index >= 15 is 0 Å². The van der Waals surface area contributed by atoms with Crippen LogP contribution in [0.2, 0.25) is 0 Å². The van der Waals surface area contributed by atoms with Gasteiger partial charge in [-0.05, 0) is 130 Å². The van der Waals surface area contributed by atoms with Crippen LogP contribution in [0, 0.1) is 21.4 Å². The van der Waals surface area contributed by atoms with Gasteiger partial charge in [-0.2, -0.15) is 0 Å². The van der Waals surface area contributed by atoms with Crippen molar-refractivity contribution in [2.45, 2.75) is 117 Å². The van der Waals surface area contributed by atoms with E-state index in [1.54, 1.807) is 25.1 Å². The number of piperazine rings is 1. The Balaban J connectivity index is 0.947. The summed E-state index contributed by atoms with van der Waals surface area (Å²) in [6, 6.07) is 22.1. The van der Waals surface area contributed by atoms with Crippen LogP contribution in [0.3, 0.4) is 0 Å². The van der Waals surface area contributed by atoms with Crippen LogP contribution in [-0.4, -0.2) is 106 Å². The Morgan fingerprint density at radius 3 is 2.27 bits per heavy atom. The Bertz CT molecular complexity index is 2690. The van der Waals surface area contributed by atoms with Crippen molar-refractivity contribution in [3.8, 4) is 0 Å². The maximum atomic E-state index is 14.3. The number of hydrogen-bond acceptors (Lipinski definition) is 13. The third-order valence-corrected chi connectivity index (χ3v) is 18.2. The zero-order valence-corrected chi connectivity index (χ0v) is 40.5. The monoisotopic (exact) mass is 956 g/mol. The number of anilines is 2. The first kappa shape index (κ1) is 48.5. The molecule has 0 unspecified atom stereocenters. The Morgan fingerprint density at radius 2 is 1.63 bits per heavy atom. The number of benzene rings is 3. The van der Waals surface area contributed by atoms with Crippen LogP contribution < -0.4 is 20.7 Å². The Hall–Kier alpha value is -4.98. The average Bonchev–Trinajstić information content (AvgIpc) is 3.30. The van der Waals surface area contributed by atoms with Crippen molar-refractivity contribution in [2.75, 3.05) is 56.5 Å². The van der Waals surface area contributed by atoms with Crippen LogP contribution in [0.25, 0.3) is 0 Å². The number of nitrogens with two attached hydrogens (primary N) is 1. The molecule has 2 aliphatic carbocycles. The molecule has 16 nitrogen and oxygen atoms in total. The lowest BCUT2D eigenvalue weighted by atomic mass is 9.59. The van der Waals surface area contributed by atoms with Gasteiger partial charge in [0.25, 0.3) is 0 Å². The van der Waals surface area contributed by atoms with E-state index < -0.39 is 46.9 Å². The summed E-state index contributed by atoms with van der Waals surface area (Å²) in [6.45, 7) is 11.4. The minimum atomic E-state index is -4.48. The first-order valence-electron chi connectivity index (χ1n) is 23.4. The number of piperidine rings is 1. The third kappa shape index (κ3) is 10.4. The highest BCUT2D eigenvalue weighted by atomic mass is 32.2. The van der Waals surface area contributed by atoms with Crippen molar-refractivity contribution in [1.29, 1.82) is 0 Å². The number of rotatable bonds is 15. The van der Waals surface area contributed by atoms with E-state index in [9.17, 15) is 36.9 Å². The smallest absolute Gasteiger partial charge is 0.312 e. The molecule has 1 atom stereocenters. The van der Waals surface area contributed by atoms with Crippen molar-refractivity contribution in [1.82, 2.24) is 19.5 Å². The molecule has 1 amide bonds. The number of carbonyl (C=O) groups is 1. The zero-order valence-electron chi connectivity index (χ0n) is 38.9. The molecule has 5 N–H and O–H groups in total. The van der Waals surface area contributed by atoms with Gasteiger partial charge in [-0.3, -0.25) is 24.7 Å². The van der Waals surface area contributed by atoms with Crippen molar-refractivity contribution in [3.05, 3.63) is 111 Å². The molecule has 360 valence electrons. The van der Waals surface area contributed by atoms with E-state index in [1.165, 1.54) is 30.3 Å². The lowest BCUT2D eigenvalue weighted by molar-refractivity contribution is -0.384. The molecule has 3 aromatic carbocycles. The Morgan fingerprint density at radius 1 is 0.940 bits per heavy atom. The van der Waals surface area contributed by atoms with Gasteiger partial charge in [0, 0.05) is 75.8 Å². The van der Waals surface area contributed by atoms with Gasteiger partial charge in [-0.1, -0.05) is 50.2 Å². The topological polar surface area (TPSA) is 221 Å². The minimum absolute atomic E-state index is 0.0477. The van der Waals surface area contributed by atoms with Crippen molar-refractivity contribution < 1.29 is 31.7 Å². The molecular weight excluding hydrogens is 893 g/mol. The summed E-state index contributed by atoms with van der Waals surface area (Å²) < 4.78 is 55.6. The molecule has 4 fully saturated rings. The Labute approximate surface area is 394 Å². The van der Waals surface area contributed by atoms with Crippen LogP contribution >= 0.6 is 0 Å². The third-order valence-electron chi connectivity index (χ3n) is 15.0. The molecule has 3 heterocycles. The predicted molar refractivity (Wildman–Crippen MR) is 257 cm³/mol. The number of sulfonamides is 1. The number of carbonyl (C=O) groups excluding carboxylic acids is 1. The van der Waals surface area contributed by atoms with Crippen LogP contribution in [0.4, 0.5) is 17.2 Å². The highest BCUT2D eigenvalue weighted by Crippen LogP contribution is 2.53. The van der Waals surface area contributed by atoms with Crippen LogP contribution in [0.1, 0.15) is 111 Å². The summed E-state index contributed by atoms with van der Waals surface area (Å²) in [7, 11) is -6.59. The highest BCUT2D eigenvalue weighted by molar-refractivity contribution is 7.91. The number of primary amides is 1. The molecule has 18 heteroatoms. The van der Waals surface area contributed by atoms with Crippen LogP contribution in [-0.2, 0) is 26.4 Å². The second kappa shape index (κ2) is 19.2. The standard InChI is InChI=1S/C49H64N8O8S2/c1-33(2)40-7-5-6-8-41(40)44-32-54(31-35-9-12-38(13-10-35)67(64,65)51-4)23-24-56(44)37-27-49(28-37)19-21-55(22-20-49)36-11-14-42(46(50)58)45(25-36)66(62,63)39-26-43(57(60)61)47(53-30-39)52-29-34-15-17-48(3,59)18-16-34/h5-14,25-26,30,33-34,37,44,51,59H,15-24,27-29,31-32H2,1-4H3,(H2,50,58)(H,52,53)/t34?,44-,48?/m0/s1. The van der Waals surface area contributed by atoms with E-state index in [0.29, 0.717) is 50.1 Å². The number of sulfone groups is 1. The quantitative estimate of drug-likeness (QED) is 0.0729. The maximum absolute atomic E-state index is 14.3. The normalized spacial score (nSPS) is 23.0. The van der Waals surface area contributed by atoms with Crippen molar-refractivity contribution in [3.63, 3.8) is 0 Å². The molecule has 1 spiro atoms. The molecule has 4 aliphatic rings. The van der Waals surface area contributed by atoms with E-state index in [4.69, 9.17) is 5.73 Å². The van der Waals surface area contributed by atoms with Gasteiger partial charge in [-0.15, -0.1) is 0 Å². The number of aromatic nitrogens is 1. The number of hydrogen-bond donors (Lipinski definition) is 4. The second-order valence-corrected chi connectivity index (χ2v) is 23.6. The SMILES string of the molecule is CNS(=O)(=O)c1ccc(CN2CCN(C3CC4(CCN(c5ccc(C(N)=O)c(S(=O)(=O)c6cnc(NCC7CCC(C)(O)CC7)c([N+](=O)[O-])c6)c5)CC4)C3)[C@H](c3ccccc3C(C)C)C2)cc1. The molecule has 2 saturated carbocycles. The lowest BCUT2D eigenvalue weighted by Gasteiger charge is -2.58.